The molecule has 3 aromatic carbocycles. The lowest BCUT2D eigenvalue weighted by atomic mass is 10.1. The van der Waals surface area contributed by atoms with Gasteiger partial charge in [-0.25, -0.2) is 5.43 Å². The zero-order valence-electron chi connectivity index (χ0n) is 17.3. The maximum absolute atomic E-state index is 12.1. The van der Waals surface area contributed by atoms with E-state index in [0.29, 0.717) is 17.0 Å². The van der Waals surface area contributed by atoms with Crippen molar-refractivity contribution in [1.82, 2.24) is 5.43 Å². The molecule has 0 aliphatic heterocycles. The Morgan fingerprint density at radius 2 is 1.71 bits per heavy atom. The molecular formula is C24H23N3O4. The minimum atomic E-state index is -0.421. The van der Waals surface area contributed by atoms with Crippen LogP contribution < -0.4 is 15.5 Å². The van der Waals surface area contributed by atoms with E-state index >= 15 is 0 Å². The molecule has 158 valence electrons. The van der Waals surface area contributed by atoms with Gasteiger partial charge in [0.25, 0.3) is 11.8 Å². The number of aromatic hydroxyl groups is 1. The fourth-order valence-electron chi connectivity index (χ4n) is 2.75. The Morgan fingerprint density at radius 1 is 0.968 bits per heavy atom. The number of hydrogen-bond acceptors (Lipinski definition) is 5. The Bertz CT molecular complexity index is 1110. The first-order valence-electron chi connectivity index (χ1n) is 9.65. The van der Waals surface area contributed by atoms with E-state index in [0.717, 1.165) is 16.8 Å². The van der Waals surface area contributed by atoms with Crippen LogP contribution in [-0.4, -0.2) is 29.2 Å². The number of phenolic OH excluding ortho intramolecular Hbond substituents is 1. The number of benzene rings is 3. The van der Waals surface area contributed by atoms with E-state index in [1.807, 2.05) is 31.2 Å². The van der Waals surface area contributed by atoms with Crippen LogP contribution in [0.2, 0.25) is 0 Å². The highest BCUT2D eigenvalue weighted by Crippen LogP contribution is 2.15. The predicted molar refractivity (Wildman–Crippen MR) is 120 cm³/mol. The van der Waals surface area contributed by atoms with Crippen molar-refractivity contribution in [2.75, 3.05) is 11.9 Å². The summed E-state index contributed by atoms with van der Waals surface area (Å²) in [6.45, 7) is 3.57. The highest BCUT2D eigenvalue weighted by atomic mass is 16.5. The summed E-state index contributed by atoms with van der Waals surface area (Å²) < 4.78 is 5.54. The quantitative estimate of drug-likeness (QED) is 0.401. The van der Waals surface area contributed by atoms with E-state index in [2.05, 4.69) is 15.8 Å². The Hall–Kier alpha value is -4.13. The molecule has 0 fully saturated rings. The minimum Gasteiger partial charge on any atom is -0.508 e. The number of phenols is 1. The molecule has 7 nitrogen and oxygen atoms in total. The number of nitrogens with one attached hydrogen (secondary N) is 2. The van der Waals surface area contributed by atoms with Gasteiger partial charge in [0.05, 0.1) is 5.71 Å². The van der Waals surface area contributed by atoms with E-state index in [1.54, 1.807) is 43.3 Å². The highest BCUT2D eigenvalue weighted by molar-refractivity contribution is 6.01. The molecule has 31 heavy (non-hydrogen) atoms. The van der Waals surface area contributed by atoms with E-state index in [9.17, 15) is 14.7 Å². The normalized spacial score (nSPS) is 11.0. The van der Waals surface area contributed by atoms with Crippen molar-refractivity contribution in [3.05, 3.63) is 89.5 Å². The molecule has 0 unspecified atom stereocenters. The molecule has 0 aliphatic carbocycles. The van der Waals surface area contributed by atoms with Crippen molar-refractivity contribution in [2.45, 2.75) is 13.8 Å². The average Bonchev–Trinajstić information content (AvgIpc) is 2.77. The van der Waals surface area contributed by atoms with Crippen LogP contribution in [0.1, 0.15) is 28.4 Å². The van der Waals surface area contributed by atoms with Crippen molar-refractivity contribution in [3.63, 3.8) is 0 Å². The zero-order chi connectivity index (χ0) is 22.2. The lowest BCUT2D eigenvalue weighted by molar-refractivity contribution is -0.118. The molecule has 3 N–H and O–H groups in total. The number of carbonyl (C=O) groups is 2. The maximum Gasteiger partial charge on any atom is 0.271 e. The number of nitrogens with zero attached hydrogens (tertiary/aromatic N) is 1. The fraction of sp³-hybridized carbons (Fsp3) is 0.125. The van der Waals surface area contributed by atoms with Gasteiger partial charge in [0.15, 0.2) is 6.61 Å². The first-order chi connectivity index (χ1) is 14.9. The third-order valence-electron chi connectivity index (χ3n) is 4.49. The molecule has 0 atom stereocenters. The number of ether oxygens (including phenoxy) is 1. The molecule has 0 saturated carbocycles. The van der Waals surface area contributed by atoms with Gasteiger partial charge in [-0.1, -0.05) is 24.3 Å². The summed E-state index contributed by atoms with van der Waals surface area (Å²) in [7, 11) is 0. The van der Waals surface area contributed by atoms with Gasteiger partial charge in [-0.3, -0.25) is 9.59 Å². The van der Waals surface area contributed by atoms with Gasteiger partial charge in [0, 0.05) is 11.3 Å². The molecule has 2 amide bonds. The largest absolute Gasteiger partial charge is 0.508 e. The SMILES string of the molecule is C/C(=N/NC(=O)c1cccc(O)c1)c1ccc(OCC(=O)Nc2ccccc2C)cc1. The molecule has 0 heterocycles. The summed E-state index contributed by atoms with van der Waals surface area (Å²) in [5, 5.41) is 16.4. The lowest BCUT2D eigenvalue weighted by Crippen LogP contribution is -2.20. The van der Waals surface area contributed by atoms with Gasteiger partial charge in [0.2, 0.25) is 0 Å². The summed E-state index contributed by atoms with van der Waals surface area (Å²) in [6, 6.07) is 20.6. The topological polar surface area (TPSA) is 100 Å². The molecule has 0 aromatic heterocycles. The molecule has 0 spiro atoms. The van der Waals surface area contributed by atoms with E-state index in [-0.39, 0.29) is 18.3 Å². The Labute approximate surface area is 180 Å². The van der Waals surface area contributed by atoms with Crippen molar-refractivity contribution in [1.29, 1.82) is 0 Å². The van der Waals surface area contributed by atoms with Crippen molar-refractivity contribution >= 4 is 23.2 Å². The van der Waals surface area contributed by atoms with Crippen LogP contribution in [0, 0.1) is 6.92 Å². The number of rotatable bonds is 7. The van der Waals surface area contributed by atoms with Crippen molar-refractivity contribution < 1.29 is 19.4 Å². The van der Waals surface area contributed by atoms with Crippen LogP contribution in [0.25, 0.3) is 0 Å². The summed E-state index contributed by atoms with van der Waals surface area (Å²) in [6.07, 6.45) is 0. The molecule has 0 aliphatic rings. The minimum absolute atomic E-state index is 0.0107. The van der Waals surface area contributed by atoms with Crippen molar-refractivity contribution in [2.24, 2.45) is 5.10 Å². The number of aryl methyl sites for hydroxylation is 1. The van der Waals surface area contributed by atoms with E-state index < -0.39 is 5.91 Å². The summed E-state index contributed by atoms with van der Waals surface area (Å²) in [5.74, 6) is -0.113. The molecule has 3 rings (SSSR count). The average molecular weight is 417 g/mol. The molecule has 0 bridgehead atoms. The third-order valence-corrected chi connectivity index (χ3v) is 4.49. The van der Waals surface area contributed by atoms with Gasteiger partial charge in [0.1, 0.15) is 11.5 Å². The highest BCUT2D eigenvalue weighted by Gasteiger charge is 2.07. The van der Waals surface area contributed by atoms with Crippen LogP contribution in [0.3, 0.4) is 0 Å². The number of carbonyl (C=O) groups excluding carboxylic acids is 2. The predicted octanol–water partition coefficient (Wildman–Crippen LogP) is 3.87. The van der Waals surface area contributed by atoms with Gasteiger partial charge < -0.3 is 15.2 Å². The Balaban J connectivity index is 1.53. The van der Waals surface area contributed by atoms with Crippen LogP contribution in [0.15, 0.2) is 77.9 Å². The standard InChI is InChI=1S/C24H23N3O4/c1-16-6-3-4-9-22(16)25-23(29)15-31-21-12-10-18(11-13-21)17(2)26-27-24(30)19-7-5-8-20(28)14-19/h3-14,28H,15H2,1-2H3,(H,25,29)(H,27,30)/b26-17-. The smallest absolute Gasteiger partial charge is 0.271 e. The first kappa shape index (κ1) is 21.6. The molecule has 0 radical (unpaired) electrons. The maximum atomic E-state index is 12.1. The van der Waals surface area contributed by atoms with Crippen molar-refractivity contribution in [3.8, 4) is 11.5 Å². The molecular weight excluding hydrogens is 394 g/mol. The molecule has 0 saturated heterocycles. The van der Waals surface area contributed by atoms with Crippen LogP contribution in [0.4, 0.5) is 5.69 Å². The number of hydrogen-bond donors (Lipinski definition) is 3. The van der Waals surface area contributed by atoms with Crippen LogP contribution in [-0.2, 0) is 4.79 Å². The zero-order valence-corrected chi connectivity index (χ0v) is 17.3. The summed E-state index contributed by atoms with van der Waals surface area (Å²) in [5.41, 5.74) is 5.88. The van der Waals surface area contributed by atoms with Gasteiger partial charge >= 0.3 is 0 Å². The first-order valence-corrected chi connectivity index (χ1v) is 9.65. The lowest BCUT2D eigenvalue weighted by Gasteiger charge is -2.10. The monoisotopic (exact) mass is 417 g/mol. The molecule has 3 aromatic rings. The van der Waals surface area contributed by atoms with E-state index in [4.69, 9.17) is 4.74 Å². The third kappa shape index (κ3) is 6.17. The number of hydrazone groups is 1. The number of anilines is 1. The molecule has 7 heteroatoms. The Morgan fingerprint density at radius 3 is 2.42 bits per heavy atom. The van der Waals surface area contributed by atoms with Crippen LogP contribution in [0.5, 0.6) is 11.5 Å². The van der Waals surface area contributed by atoms with E-state index in [1.165, 1.54) is 12.1 Å². The van der Waals surface area contributed by atoms with Gasteiger partial charge in [-0.15, -0.1) is 0 Å². The number of amides is 2. The fourth-order valence-corrected chi connectivity index (χ4v) is 2.75. The Kier molecular flexibility index (Phi) is 7.01. The second kappa shape index (κ2) is 10.1. The summed E-state index contributed by atoms with van der Waals surface area (Å²) in [4.78, 5) is 24.2. The van der Waals surface area contributed by atoms with Crippen LogP contribution >= 0.6 is 0 Å². The van der Waals surface area contributed by atoms with Gasteiger partial charge in [-0.2, -0.15) is 5.10 Å². The second-order valence-electron chi connectivity index (χ2n) is 6.86. The second-order valence-corrected chi connectivity index (χ2v) is 6.86. The van der Waals surface area contributed by atoms with Gasteiger partial charge in [-0.05, 0) is 73.5 Å². The number of para-hydroxylation sites is 1. The summed E-state index contributed by atoms with van der Waals surface area (Å²) >= 11 is 0.